The Morgan fingerprint density at radius 3 is 2.11 bits per heavy atom. The molecule has 2 aromatic heterocycles. The number of hydrogen-bond donors (Lipinski definition) is 1. The SMILES string of the molecule is CC(C)(C)C(=O)C(c1nc2ccccc2[nH]c1=O)c1nc2ccccc2n(-c2ccccc2)c1=O. The van der Waals surface area contributed by atoms with Crippen LogP contribution in [0.25, 0.3) is 27.8 Å². The van der Waals surface area contributed by atoms with Crippen molar-refractivity contribution in [1.82, 2.24) is 19.5 Å². The maximum Gasteiger partial charge on any atom is 0.278 e. The zero-order valence-electron chi connectivity index (χ0n) is 19.6. The van der Waals surface area contributed by atoms with E-state index in [2.05, 4.69) is 15.0 Å². The molecule has 2 heterocycles. The van der Waals surface area contributed by atoms with E-state index in [0.29, 0.717) is 27.8 Å². The van der Waals surface area contributed by atoms with E-state index in [1.807, 2.05) is 48.5 Å². The van der Waals surface area contributed by atoms with Gasteiger partial charge in [0.1, 0.15) is 17.3 Å². The first-order valence-corrected chi connectivity index (χ1v) is 11.4. The molecule has 35 heavy (non-hydrogen) atoms. The molecule has 0 aliphatic carbocycles. The minimum absolute atomic E-state index is 0.0271. The van der Waals surface area contributed by atoms with E-state index in [0.717, 1.165) is 0 Å². The summed E-state index contributed by atoms with van der Waals surface area (Å²) < 4.78 is 1.54. The van der Waals surface area contributed by atoms with Crippen LogP contribution in [0.5, 0.6) is 0 Å². The van der Waals surface area contributed by atoms with Crippen molar-refractivity contribution in [2.75, 3.05) is 0 Å². The Hall–Kier alpha value is -4.39. The number of hydrogen-bond acceptors (Lipinski definition) is 5. The quantitative estimate of drug-likeness (QED) is 0.426. The highest BCUT2D eigenvalue weighted by atomic mass is 16.1. The third kappa shape index (κ3) is 3.95. The topological polar surface area (TPSA) is 97.7 Å². The number of aromatic nitrogens is 4. The van der Waals surface area contributed by atoms with Gasteiger partial charge in [-0.05, 0) is 36.4 Å². The summed E-state index contributed by atoms with van der Waals surface area (Å²) in [6.07, 6.45) is 0. The van der Waals surface area contributed by atoms with Crippen molar-refractivity contribution in [1.29, 1.82) is 0 Å². The zero-order chi connectivity index (χ0) is 24.7. The summed E-state index contributed by atoms with van der Waals surface area (Å²) in [7, 11) is 0. The molecule has 3 aromatic carbocycles. The van der Waals surface area contributed by atoms with Gasteiger partial charge in [-0.3, -0.25) is 19.0 Å². The normalized spacial score (nSPS) is 12.7. The van der Waals surface area contributed by atoms with Gasteiger partial charge >= 0.3 is 0 Å². The lowest BCUT2D eigenvalue weighted by Gasteiger charge is -2.24. The lowest BCUT2D eigenvalue weighted by atomic mass is 9.80. The monoisotopic (exact) mass is 464 g/mol. The molecule has 1 atom stereocenters. The summed E-state index contributed by atoms with van der Waals surface area (Å²) in [4.78, 5) is 53.0. The number of ketones is 1. The number of fused-ring (bicyclic) bond motifs is 2. The van der Waals surface area contributed by atoms with E-state index in [1.54, 1.807) is 51.1 Å². The molecule has 0 radical (unpaired) electrons. The van der Waals surface area contributed by atoms with Crippen molar-refractivity contribution in [3.8, 4) is 5.69 Å². The molecule has 7 heteroatoms. The number of nitrogens with one attached hydrogen (secondary N) is 1. The summed E-state index contributed by atoms with van der Waals surface area (Å²) in [5.41, 5.74) is 0.947. The van der Waals surface area contributed by atoms with Gasteiger partial charge in [0.05, 0.1) is 22.1 Å². The number of para-hydroxylation sites is 5. The number of aromatic amines is 1. The molecule has 5 aromatic rings. The maximum absolute atomic E-state index is 14.0. The molecule has 5 rings (SSSR count). The lowest BCUT2D eigenvalue weighted by molar-refractivity contribution is -0.127. The Morgan fingerprint density at radius 1 is 0.800 bits per heavy atom. The predicted molar refractivity (Wildman–Crippen MR) is 136 cm³/mol. The Bertz CT molecular complexity index is 1700. The zero-order valence-corrected chi connectivity index (χ0v) is 19.6. The fourth-order valence-corrected chi connectivity index (χ4v) is 4.22. The van der Waals surface area contributed by atoms with E-state index in [1.165, 1.54) is 4.57 Å². The fraction of sp³-hybridized carbons (Fsp3) is 0.179. The van der Waals surface area contributed by atoms with E-state index in [-0.39, 0.29) is 17.2 Å². The smallest absolute Gasteiger partial charge is 0.278 e. The van der Waals surface area contributed by atoms with E-state index < -0.39 is 22.5 Å². The number of H-pyrrole nitrogens is 1. The lowest BCUT2D eigenvalue weighted by Crippen LogP contribution is -2.37. The van der Waals surface area contributed by atoms with Gasteiger partial charge in [0.25, 0.3) is 11.1 Å². The molecule has 0 amide bonds. The number of carbonyl (C=O) groups excluding carboxylic acids is 1. The van der Waals surface area contributed by atoms with E-state index in [9.17, 15) is 14.4 Å². The first-order chi connectivity index (χ1) is 16.8. The van der Waals surface area contributed by atoms with Crippen molar-refractivity contribution in [2.45, 2.75) is 26.7 Å². The third-order valence-electron chi connectivity index (χ3n) is 5.97. The van der Waals surface area contributed by atoms with Gasteiger partial charge in [-0.25, -0.2) is 9.97 Å². The number of benzene rings is 3. The second-order valence-electron chi connectivity index (χ2n) is 9.48. The average molecular weight is 465 g/mol. The van der Waals surface area contributed by atoms with Crippen LogP contribution in [0, 0.1) is 5.41 Å². The first-order valence-electron chi connectivity index (χ1n) is 11.4. The van der Waals surface area contributed by atoms with Crippen molar-refractivity contribution in [2.24, 2.45) is 5.41 Å². The molecule has 0 fully saturated rings. The van der Waals surface area contributed by atoms with E-state index in [4.69, 9.17) is 0 Å². The largest absolute Gasteiger partial charge is 0.319 e. The fourth-order valence-electron chi connectivity index (χ4n) is 4.22. The minimum atomic E-state index is -1.24. The molecule has 7 nitrogen and oxygen atoms in total. The van der Waals surface area contributed by atoms with E-state index >= 15 is 0 Å². The van der Waals surface area contributed by atoms with Gasteiger partial charge in [-0.2, -0.15) is 0 Å². The van der Waals surface area contributed by atoms with Crippen molar-refractivity contribution < 1.29 is 4.79 Å². The van der Waals surface area contributed by atoms with Gasteiger partial charge in [0, 0.05) is 11.1 Å². The first kappa shape index (κ1) is 22.4. The summed E-state index contributed by atoms with van der Waals surface area (Å²) in [5, 5.41) is 0. The number of carbonyl (C=O) groups is 1. The maximum atomic E-state index is 14.0. The summed E-state index contributed by atoms with van der Waals surface area (Å²) in [5.74, 6) is -1.55. The van der Waals surface area contributed by atoms with Crippen LogP contribution in [0.4, 0.5) is 0 Å². The van der Waals surface area contributed by atoms with Gasteiger partial charge in [-0.15, -0.1) is 0 Å². The number of nitrogens with zero attached hydrogens (tertiary/aromatic N) is 3. The summed E-state index contributed by atoms with van der Waals surface area (Å²) >= 11 is 0. The highest BCUT2D eigenvalue weighted by Gasteiger charge is 2.38. The van der Waals surface area contributed by atoms with Crippen LogP contribution in [0.3, 0.4) is 0 Å². The molecular weight excluding hydrogens is 440 g/mol. The molecule has 1 N–H and O–H groups in total. The minimum Gasteiger partial charge on any atom is -0.319 e. The van der Waals surface area contributed by atoms with Crippen molar-refractivity contribution >= 4 is 27.9 Å². The molecular formula is C28H24N4O3. The second kappa shape index (κ2) is 8.43. The van der Waals surface area contributed by atoms with Gasteiger partial charge in [0.15, 0.2) is 5.78 Å². The Kier molecular flexibility index (Phi) is 5.40. The van der Waals surface area contributed by atoms with Crippen molar-refractivity contribution in [3.63, 3.8) is 0 Å². The van der Waals surface area contributed by atoms with Crippen LogP contribution >= 0.6 is 0 Å². The number of rotatable bonds is 4. The van der Waals surface area contributed by atoms with Crippen LogP contribution in [-0.4, -0.2) is 25.3 Å². The Labute approximate surface area is 201 Å². The molecule has 174 valence electrons. The molecule has 0 aliphatic rings. The molecule has 1 unspecified atom stereocenters. The van der Waals surface area contributed by atoms with Crippen LogP contribution < -0.4 is 11.1 Å². The molecule has 0 bridgehead atoms. The molecule has 0 aliphatic heterocycles. The van der Waals surface area contributed by atoms with Crippen LogP contribution in [0.1, 0.15) is 38.1 Å². The summed E-state index contributed by atoms with van der Waals surface area (Å²) in [6, 6.07) is 23.5. The molecule has 0 saturated carbocycles. The highest BCUT2D eigenvalue weighted by Crippen LogP contribution is 2.30. The third-order valence-corrected chi connectivity index (χ3v) is 5.97. The average Bonchev–Trinajstić information content (AvgIpc) is 2.84. The van der Waals surface area contributed by atoms with Crippen LogP contribution in [0.15, 0.2) is 88.5 Å². The Morgan fingerprint density at radius 2 is 1.40 bits per heavy atom. The molecule has 0 saturated heterocycles. The van der Waals surface area contributed by atoms with Gasteiger partial charge in [0.2, 0.25) is 0 Å². The Balaban J connectivity index is 1.88. The van der Waals surface area contributed by atoms with Gasteiger partial charge in [-0.1, -0.05) is 63.2 Å². The highest BCUT2D eigenvalue weighted by molar-refractivity contribution is 5.93. The predicted octanol–water partition coefficient (Wildman–Crippen LogP) is 4.37. The van der Waals surface area contributed by atoms with Crippen LogP contribution in [0.2, 0.25) is 0 Å². The second-order valence-corrected chi connectivity index (χ2v) is 9.48. The number of Topliss-reactive ketones (excluding diaryl/α,β-unsaturated/α-hetero) is 1. The van der Waals surface area contributed by atoms with Crippen molar-refractivity contribution in [3.05, 3.63) is 111 Å². The van der Waals surface area contributed by atoms with Crippen LogP contribution in [-0.2, 0) is 4.79 Å². The summed E-state index contributed by atoms with van der Waals surface area (Å²) in [6.45, 7) is 5.27. The molecule has 0 spiro atoms. The van der Waals surface area contributed by atoms with Gasteiger partial charge < -0.3 is 4.98 Å². The standard InChI is InChI=1S/C28H24N4O3/c1-28(2,3)25(33)22(23-26(34)31-19-14-8-7-13-18(19)29-23)24-27(35)32(17-11-5-4-6-12-17)21-16-10-9-15-20(21)30-24/h4-16,22H,1-3H3,(H,31,34).